The summed E-state index contributed by atoms with van der Waals surface area (Å²) in [5.74, 6) is 0. The molecule has 0 radical (unpaired) electrons. The third-order valence-corrected chi connectivity index (χ3v) is 3.01. The van der Waals surface area contributed by atoms with Gasteiger partial charge in [-0.15, -0.1) is 0 Å². The maximum atomic E-state index is 9.11. The molecule has 0 bridgehead atoms. The highest BCUT2D eigenvalue weighted by molar-refractivity contribution is 5.30. The van der Waals surface area contributed by atoms with Gasteiger partial charge in [0.2, 0.25) is 0 Å². The Balaban J connectivity index is 1.95. The number of nitrogens with one attached hydrogen (secondary N) is 1. The number of likely N-dealkylation sites (N-methyl/N-ethyl adjacent to an activating group) is 1. The van der Waals surface area contributed by atoms with E-state index < -0.39 is 0 Å². The fourth-order valence-corrected chi connectivity index (χ4v) is 2.08. The molecule has 3 nitrogen and oxygen atoms in total. The lowest BCUT2D eigenvalue weighted by molar-refractivity contribution is 0.187. The Morgan fingerprint density at radius 2 is 1.93 bits per heavy atom. The molecule has 1 unspecified atom stereocenters. The van der Waals surface area contributed by atoms with Gasteiger partial charge in [-0.05, 0) is 18.2 Å². The van der Waals surface area contributed by atoms with Crippen LogP contribution in [-0.2, 0) is 13.1 Å². The summed E-state index contributed by atoms with van der Waals surface area (Å²) < 4.78 is 0. The summed E-state index contributed by atoms with van der Waals surface area (Å²) in [5, 5.41) is 12.2. The zero-order valence-corrected chi connectivity index (χ0v) is 9.11. The van der Waals surface area contributed by atoms with E-state index in [9.17, 15) is 0 Å². The monoisotopic (exact) mass is 206 g/mol. The fourth-order valence-electron chi connectivity index (χ4n) is 2.08. The van der Waals surface area contributed by atoms with Crippen molar-refractivity contribution in [2.75, 3.05) is 20.2 Å². The van der Waals surface area contributed by atoms with Gasteiger partial charge in [-0.1, -0.05) is 24.3 Å². The molecular weight excluding hydrogens is 188 g/mol. The Bertz CT molecular complexity index is 298. The molecule has 1 heterocycles. The first-order valence-electron chi connectivity index (χ1n) is 5.40. The van der Waals surface area contributed by atoms with Crippen molar-refractivity contribution < 1.29 is 5.11 Å². The fraction of sp³-hybridized carbons (Fsp3) is 0.500. The first-order valence-corrected chi connectivity index (χ1v) is 5.40. The van der Waals surface area contributed by atoms with Gasteiger partial charge in [0.25, 0.3) is 0 Å². The number of hydrogen-bond acceptors (Lipinski definition) is 3. The van der Waals surface area contributed by atoms with E-state index in [1.165, 1.54) is 11.1 Å². The summed E-state index contributed by atoms with van der Waals surface area (Å²) in [6, 6.07) is 8.72. The zero-order valence-electron chi connectivity index (χ0n) is 9.11. The summed E-state index contributed by atoms with van der Waals surface area (Å²) in [6.07, 6.45) is 0. The third-order valence-electron chi connectivity index (χ3n) is 3.01. The van der Waals surface area contributed by atoms with Gasteiger partial charge >= 0.3 is 0 Å². The summed E-state index contributed by atoms with van der Waals surface area (Å²) in [4.78, 5) is 2.36. The third kappa shape index (κ3) is 2.37. The molecule has 15 heavy (non-hydrogen) atoms. The van der Waals surface area contributed by atoms with E-state index in [0.717, 1.165) is 19.6 Å². The van der Waals surface area contributed by atoms with E-state index in [-0.39, 0.29) is 12.6 Å². The van der Waals surface area contributed by atoms with Crippen LogP contribution in [0.3, 0.4) is 0 Å². The second-order valence-corrected chi connectivity index (χ2v) is 4.11. The molecule has 0 saturated heterocycles. The molecule has 2 N–H and O–H groups in total. The Morgan fingerprint density at radius 1 is 1.33 bits per heavy atom. The predicted octanol–water partition coefficient (Wildman–Crippen LogP) is 0.582. The van der Waals surface area contributed by atoms with Gasteiger partial charge in [0.1, 0.15) is 0 Å². The predicted molar refractivity (Wildman–Crippen MR) is 60.5 cm³/mol. The highest BCUT2D eigenvalue weighted by Gasteiger charge is 2.20. The van der Waals surface area contributed by atoms with Crippen molar-refractivity contribution in [1.29, 1.82) is 0 Å². The van der Waals surface area contributed by atoms with Crippen LogP contribution in [0.25, 0.3) is 0 Å². The molecule has 1 aliphatic rings. The van der Waals surface area contributed by atoms with Crippen LogP contribution in [-0.4, -0.2) is 36.2 Å². The van der Waals surface area contributed by atoms with E-state index in [2.05, 4.69) is 34.5 Å². The van der Waals surface area contributed by atoms with Crippen LogP contribution in [0.15, 0.2) is 24.3 Å². The van der Waals surface area contributed by atoms with Crippen LogP contribution >= 0.6 is 0 Å². The van der Waals surface area contributed by atoms with E-state index in [1.54, 1.807) is 0 Å². The summed E-state index contributed by atoms with van der Waals surface area (Å²) >= 11 is 0. The standard InChI is InChI=1S/C12H18N2O/c1-13-12(9-15)8-14-6-10-4-2-3-5-11(10)7-14/h2-5,12-13,15H,6-9H2,1H3. The van der Waals surface area contributed by atoms with Gasteiger partial charge in [0.15, 0.2) is 0 Å². The second kappa shape index (κ2) is 4.75. The average molecular weight is 206 g/mol. The normalized spacial score (nSPS) is 17.7. The molecule has 1 aliphatic heterocycles. The maximum Gasteiger partial charge on any atom is 0.0597 e. The van der Waals surface area contributed by atoms with Crippen molar-refractivity contribution in [2.45, 2.75) is 19.1 Å². The van der Waals surface area contributed by atoms with E-state index >= 15 is 0 Å². The van der Waals surface area contributed by atoms with Crippen molar-refractivity contribution >= 4 is 0 Å². The quantitative estimate of drug-likeness (QED) is 0.756. The molecule has 1 aromatic carbocycles. The van der Waals surface area contributed by atoms with Crippen molar-refractivity contribution in [1.82, 2.24) is 10.2 Å². The van der Waals surface area contributed by atoms with Crippen molar-refractivity contribution in [3.8, 4) is 0 Å². The number of fused-ring (bicyclic) bond motifs is 1. The molecule has 0 aromatic heterocycles. The molecule has 0 fully saturated rings. The van der Waals surface area contributed by atoms with Crippen LogP contribution in [0, 0.1) is 0 Å². The number of aliphatic hydroxyl groups is 1. The largest absolute Gasteiger partial charge is 0.395 e. The molecule has 0 aliphatic carbocycles. The van der Waals surface area contributed by atoms with Gasteiger partial charge in [0, 0.05) is 25.7 Å². The first kappa shape index (κ1) is 10.6. The van der Waals surface area contributed by atoms with Gasteiger partial charge in [-0.2, -0.15) is 0 Å². The number of nitrogens with zero attached hydrogens (tertiary/aromatic N) is 1. The number of benzene rings is 1. The molecule has 82 valence electrons. The number of rotatable bonds is 4. The zero-order chi connectivity index (χ0) is 10.7. The van der Waals surface area contributed by atoms with Gasteiger partial charge < -0.3 is 10.4 Å². The number of aliphatic hydroxyl groups excluding tert-OH is 1. The minimum atomic E-state index is 0.180. The van der Waals surface area contributed by atoms with E-state index in [1.807, 2.05) is 7.05 Å². The van der Waals surface area contributed by atoms with Crippen LogP contribution in [0.4, 0.5) is 0 Å². The molecule has 1 aromatic rings. The van der Waals surface area contributed by atoms with Gasteiger partial charge in [0.05, 0.1) is 6.61 Å². The molecule has 3 heteroatoms. The lowest BCUT2D eigenvalue weighted by Crippen LogP contribution is -2.39. The minimum absolute atomic E-state index is 0.180. The Kier molecular flexibility index (Phi) is 3.36. The molecule has 2 rings (SSSR count). The minimum Gasteiger partial charge on any atom is -0.395 e. The Hall–Kier alpha value is -0.900. The number of hydrogen-bond donors (Lipinski definition) is 2. The van der Waals surface area contributed by atoms with Crippen LogP contribution in [0.1, 0.15) is 11.1 Å². The van der Waals surface area contributed by atoms with E-state index in [4.69, 9.17) is 5.11 Å². The average Bonchev–Trinajstić information content (AvgIpc) is 2.68. The van der Waals surface area contributed by atoms with Crippen molar-refractivity contribution in [3.05, 3.63) is 35.4 Å². The highest BCUT2D eigenvalue weighted by Crippen LogP contribution is 2.21. The lowest BCUT2D eigenvalue weighted by Gasteiger charge is -2.21. The second-order valence-electron chi connectivity index (χ2n) is 4.11. The lowest BCUT2D eigenvalue weighted by atomic mass is 10.1. The maximum absolute atomic E-state index is 9.11. The van der Waals surface area contributed by atoms with Gasteiger partial charge in [-0.25, -0.2) is 0 Å². The smallest absolute Gasteiger partial charge is 0.0597 e. The Morgan fingerprint density at radius 3 is 2.40 bits per heavy atom. The van der Waals surface area contributed by atoms with Crippen LogP contribution in [0.5, 0.6) is 0 Å². The first-order chi connectivity index (χ1) is 7.33. The van der Waals surface area contributed by atoms with Crippen LogP contribution in [0.2, 0.25) is 0 Å². The molecule has 0 amide bonds. The topological polar surface area (TPSA) is 35.5 Å². The van der Waals surface area contributed by atoms with Crippen molar-refractivity contribution in [3.63, 3.8) is 0 Å². The Labute approximate surface area is 90.7 Å². The summed E-state index contributed by atoms with van der Waals surface area (Å²) in [6.45, 7) is 3.12. The molecule has 0 spiro atoms. The molecule has 0 saturated carbocycles. The highest BCUT2D eigenvalue weighted by atomic mass is 16.3. The summed E-state index contributed by atoms with van der Waals surface area (Å²) in [7, 11) is 1.89. The SMILES string of the molecule is CNC(CO)CN1Cc2ccccc2C1. The van der Waals surface area contributed by atoms with E-state index in [0.29, 0.717) is 0 Å². The summed E-state index contributed by atoms with van der Waals surface area (Å²) in [5.41, 5.74) is 2.84. The molecule has 1 atom stereocenters. The van der Waals surface area contributed by atoms with Crippen LogP contribution < -0.4 is 5.32 Å². The molecular formula is C12H18N2O. The van der Waals surface area contributed by atoms with Gasteiger partial charge in [-0.3, -0.25) is 4.90 Å². The van der Waals surface area contributed by atoms with Crippen molar-refractivity contribution in [2.24, 2.45) is 0 Å².